The highest BCUT2D eigenvalue weighted by Crippen LogP contribution is 2.32. The number of thioether (sulfide) groups is 1. The lowest BCUT2D eigenvalue weighted by Gasteiger charge is -2.13. The maximum absolute atomic E-state index is 13.9. The third kappa shape index (κ3) is 5.29. The molecule has 34 heavy (non-hydrogen) atoms. The Kier molecular flexibility index (Phi) is 6.98. The molecule has 1 aromatic heterocycles. The number of carbonyl (C=O) groups excluding carboxylic acids is 3. The summed E-state index contributed by atoms with van der Waals surface area (Å²) in [5.74, 6) is -1.60. The second-order valence-corrected chi connectivity index (χ2v) is 8.30. The lowest BCUT2D eigenvalue weighted by Crippen LogP contribution is -2.38. The first-order chi connectivity index (χ1) is 16.4. The second kappa shape index (κ2) is 10.3. The molecule has 0 spiro atoms. The van der Waals surface area contributed by atoms with Gasteiger partial charge in [-0.3, -0.25) is 24.1 Å². The third-order valence-corrected chi connectivity index (χ3v) is 5.87. The summed E-state index contributed by atoms with van der Waals surface area (Å²) in [5.41, 5.74) is 0.749. The van der Waals surface area contributed by atoms with Gasteiger partial charge in [0.05, 0.1) is 11.4 Å². The predicted octanol–water partition coefficient (Wildman–Crippen LogP) is 2.90. The summed E-state index contributed by atoms with van der Waals surface area (Å²) < 4.78 is 15.0. The van der Waals surface area contributed by atoms with E-state index in [1.807, 2.05) is 30.3 Å². The lowest BCUT2D eigenvalue weighted by atomic mass is 10.2. The van der Waals surface area contributed by atoms with Gasteiger partial charge >= 0.3 is 0 Å². The topological polar surface area (TPSA) is 101 Å². The number of aromatic nitrogens is 2. The fourth-order valence-corrected chi connectivity index (χ4v) is 4.09. The molecule has 2 heterocycles. The SMILES string of the molecule is O=C(NCCN1C(=O)S/C(=C\c2ccccc2F)C1=O)c1ccc(=O)n(Cc2ccccc2)n1. The average Bonchev–Trinajstić information content (AvgIpc) is 3.10. The Balaban J connectivity index is 1.37. The molecular formula is C24H19FN4O4S. The molecule has 1 fully saturated rings. The van der Waals surface area contributed by atoms with E-state index in [4.69, 9.17) is 0 Å². The zero-order chi connectivity index (χ0) is 24.1. The summed E-state index contributed by atoms with van der Waals surface area (Å²) in [7, 11) is 0. The molecule has 0 bridgehead atoms. The molecule has 0 radical (unpaired) electrons. The van der Waals surface area contributed by atoms with Crippen molar-refractivity contribution in [2.24, 2.45) is 0 Å². The molecule has 3 aromatic rings. The fourth-order valence-electron chi connectivity index (χ4n) is 3.24. The number of amides is 3. The van der Waals surface area contributed by atoms with Gasteiger partial charge in [0.15, 0.2) is 0 Å². The number of imide groups is 1. The van der Waals surface area contributed by atoms with E-state index < -0.39 is 22.9 Å². The van der Waals surface area contributed by atoms with Gasteiger partial charge in [-0.25, -0.2) is 9.07 Å². The molecule has 10 heteroatoms. The second-order valence-electron chi connectivity index (χ2n) is 7.31. The van der Waals surface area contributed by atoms with Gasteiger partial charge in [-0.1, -0.05) is 48.5 Å². The molecule has 0 saturated carbocycles. The van der Waals surface area contributed by atoms with Crippen LogP contribution in [0.2, 0.25) is 0 Å². The van der Waals surface area contributed by atoms with Gasteiger partial charge in [0.25, 0.3) is 22.6 Å². The van der Waals surface area contributed by atoms with Gasteiger partial charge in [-0.15, -0.1) is 0 Å². The minimum atomic E-state index is -0.554. The molecule has 4 rings (SSSR count). The highest BCUT2D eigenvalue weighted by Gasteiger charge is 2.34. The third-order valence-electron chi connectivity index (χ3n) is 4.96. The highest BCUT2D eigenvalue weighted by molar-refractivity contribution is 8.18. The molecule has 1 aliphatic rings. The first-order valence-electron chi connectivity index (χ1n) is 10.3. The molecule has 2 aromatic carbocycles. The van der Waals surface area contributed by atoms with Crippen molar-refractivity contribution in [3.63, 3.8) is 0 Å². The quantitative estimate of drug-likeness (QED) is 0.524. The van der Waals surface area contributed by atoms with Crippen molar-refractivity contribution in [2.75, 3.05) is 13.1 Å². The fraction of sp³-hybridized carbons (Fsp3) is 0.125. The number of benzene rings is 2. The summed E-state index contributed by atoms with van der Waals surface area (Å²) in [6.45, 7) is 0.143. The molecule has 0 aliphatic carbocycles. The van der Waals surface area contributed by atoms with Crippen molar-refractivity contribution in [2.45, 2.75) is 6.54 Å². The van der Waals surface area contributed by atoms with Gasteiger partial charge in [-0.05, 0) is 35.5 Å². The van der Waals surface area contributed by atoms with Crippen molar-refractivity contribution in [3.8, 4) is 0 Å². The van der Waals surface area contributed by atoms with Crippen molar-refractivity contribution < 1.29 is 18.8 Å². The maximum atomic E-state index is 13.9. The number of carbonyl (C=O) groups is 3. The number of hydrogen-bond acceptors (Lipinski definition) is 6. The monoisotopic (exact) mass is 478 g/mol. The van der Waals surface area contributed by atoms with Crippen molar-refractivity contribution in [3.05, 3.63) is 105 Å². The van der Waals surface area contributed by atoms with Crippen LogP contribution in [-0.4, -0.2) is 44.8 Å². The number of nitrogens with one attached hydrogen (secondary N) is 1. The summed E-state index contributed by atoms with van der Waals surface area (Å²) in [5, 5.41) is 6.21. The van der Waals surface area contributed by atoms with Crippen LogP contribution < -0.4 is 10.9 Å². The van der Waals surface area contributed by atoms with Crippen molar-refractivity contribution >= 4 is 34.9 Å². The van der Waals surface area contributed by atoms with E-state index in [0.717, 1.165) is 10.5 Å². The first kappa shape index (κ1) is 23.1. The van der Waals surface area contributed by atoms with Crippen LogP contribution in [0.5, 0.6) is 0 Å². The molecular weight excluding hydrogens is 459 g/mol. The van der Waals surface area contributed by atoms with Crippen LogP contribution in [0.1, 0.15) is 21.6 Å². The van der Waals surface area contributed by atoms with Gasteiger partial charge in [0.2, 0.25) is 0 Å². The molecule has 1 aliphatic heterocycles. The highest BCUT2D eigenvalue weighted by atomic mass is 32.2. The van der Waals surface area contributed by atoms with E-state index in [0.29, 0.717) is 11.8 Å². The van der Waals surface area contributed by atoms with Gasteiger partial charge in [0, 0.05) is 24.7 Å². The molecule has 8 nitrogen and oxygen atoms in total. The molecule has 0 unspecified atom stereocenters. The first-order valence-corrected chi connectivity index (χ1v) is 11.1. The zero-order valence-electron chi connectivity index (χ0n) is 17.8. The van der Waals surface area contributed by atoms with E-state index in [1.54, 1.807) is 6.07 Å². The molecule has 1 saturated heterocycles. The Bertz CT molecular complexity index is 1340. The summed E-state index contributed by atoms with van der Waals surface area (Å²) in [6.07, 6.45) is 1.33. The lowest BCUT2D eigenvalue weighted by molar-refractivity contribution is -0.122. The molecule has 172 valence electrons. The summed E-state index contributed by atoms with van der Waals surface area (Å²) in [6, 6.07) is 17.7. The largest absolute Gasteiger partial charge is 0.349 e. The number of hydrogen-bond donors (Lipinski definition) is 1. The summed E-state index contributed by atoms with van der Waals surface area (Å²) >= 11 is 0.714. The Morgan fingerprint density at radius 1 is 1.00 bits per heavy atom. The van der Waals surface area contributed by atoms with Gasteiger partial charge < -0.3 is 5.32 Å². The number of halogens is 1. The van der Waals surface area contributed by atoms with Crippen LogP contribution in [0.15, 0.2) is 76.4 Å². The zero-order valence-corrected chi connectivity index (χ0v) is 18.6. The minimum absolute atomic E-state index is 0.0106. The number of nitrogens with zero attached hydrogens (tertiary/aromatic N) is 3. The van der Waals surface area contributed by atoms with Crippen LogP contribution in [0.25, 0.3) is 6.08 Å². The van der Waals surface area contributed by atoms with Crippen LogP contribution in [-0.2, 0) is 11.3 Å². The van der Waals surface area contributed by atoms with E-state index in [1.165, 1.54) is 41.1 Å². The minimum Gasteiger partial charge on any atom is -0.349 e. The van der Waals surface area contributed by atoms with Crippen LogP contribution in [0, 0.1) is 5.82 Å². The standard InChI is InChI=1S/C24H19FN4O4S/c25-18-9-5-4-8-17(18)14-20-23(32)28(24(33)34-20)13-12-26-22(31)19-10-11-21(30)29(27-19)15-16-6-2-1-3-7-16/h1-11,14H,12-13,15H2,(H,26,31)/b20-14-. The number of rotatable bonds is 7. The molecule has 0 atom stereocenters. The molecule has 1 N–H and O–H groups in total. The Morgan fingerprint density at radius 3 is 2.50 bits per heavy atom. The Labute approximate surface area is 198 Å². The Hall–Kier alpha value is -4.05. The van der Waals surface area contributed by atoms with E-state index in [2.05, 4.69) is 10.4 Å². The summed E-state index contributed by atoms with van der Waals surface area (Å²) in [4.78, 5) is 50.5. The van der Waals surface area contributed by atoms with Gasteiger partial charge in [-0.2, -0.15) is 5.10 Å². The van der Waals surface area contributed by atoms with Gasteiger partial charge in [0.1, 0.15) is 11.5 Å². The van der Waals surface area contributed by atoms with Crippen molar-refractivity contribution in [1.82, 2.24) is 20.0 Å². The van der Waals surface area contributed by atoms with Crippen LogP contribution in [0.4, 0.5) is 9.18 Å². The maximum Gasteiger partial charge on any atom is 0.293 e. The van der Waals surface area contributed by atoms with Crippen LogP contribution >= 0.6 is 11.8 Å². The predicted molar refractivity (Wildman–Crippen MR) is 125 cm³/mol. The van der Waals surface area contributed by atoms with Crippen molar-refractivity contribution in [1.29, 1.82) is 0 Å². The normalized spacial score (nSPS) is 14.6. The Morgan fingerprint density at radius 2 is 1.74 bits per heavy atom. The smallest absolute Gasteiger partial charge is 0.293 e. The average molecular weight is 479 g/mol. The van der Waals surface area contributed by atoms with E-state index in [9.17, 15) is 23.6 Å². The van der Waals surface area contributed by atoms with E-state index in [-0.39, 0.29) is 41.4 Å². The van der Waals surface area contributed by atoms with E-state index >= 15 is 0 Å². The molecule has 3 amide bonds. The van der Waals surface area contributed by atoms with Crippen LogP contribution in [0.3, 0.4) is 0 Å².